The van der Waals surface area contributed by atoms with E-state index < -0.39 is 8.32 Å². The van der Waals surface area contributed by atoms with E-state index in [0.29, 0.717) is 5.04 Å². The van der Waals surface area contributed by atoms with Gasteiger partial charge in [-0.2, -0.15) is 0 Å². The van der Waals surface area contributed by atoms with Gasteiger partial charge in [-0.3, -0.25) is 0 Å². The molecular formula is C12H23NOSSi. The van der Waals surface area contributed by atoms with Gasteiger partial charge in [-0.25, -0.2) is 4.98 Å². The molecule has 0 aromatic carbocycles. The Morgan fingerprint density at radius 1 is 1.38 bits per heavy atom. The van der Waals surface area contributed by atoms with Crippen LogP contribution in [0.15, 0.2) is 10.9 Å². The van der Waals surface area contributed by atoms with Crippen molar-refractivity contribution in [3.05, 3.63) is 16.6 Å². The Bertz CT molecular complexity index is 303. The Morgan fingerprint density at radius 2 is 2.06 bits per heavy atom. The van der Waals surface area contributed by atoms with Crippen molar-refractivity contribution in [2.24, 2.45) is 0 Å². The Balaban J connectivity index is 2.25. The molecule has 1 aromatic rings. The normalized spacial score (nSPS) is 13.1. The van der Waals surface area contributed by atoms with E-state index in [0.717, 1.165) is 19.4 Å². The summed E-state index contributed by atoms with van der Waals surface area (Å²) < 4.78 is 6.11. The van der Waals surface area contributed by atoms with E-state index in [4.69, 9.17) is 4.43 Å². The number of aromatic nitrogens is 1. The standard InChI is InChI=1S/C12H23NOSSi/c1-12(2,3)16(4,5)14-8-6-7-11-9-15-10-13-11/h9-10H,6-8H2,1-5H3. The van der Waals surface area contributed by atoms with Crippen molar-refractivity contribution in [3.63, 3.8) is 0 Å². The Kier molecular flexibility index (Phi) is 4.70. The van der Waals surface area contributed by atoms with Crippen LogP contribution < -0.4 is 0 Å². The van der Waals surface area contributed by atoms with Crippen LogP contribution in [-0.4, -0.2) is 19.9 Å². The second kappa shape index (κ2) is 5.43. The Labute approximate surface area is 104 Å². The van der Waals surface area contributed by atoms with Gasteiger partial charge in [0.1, 0.15) is 0 Å². The first-order chi connectivity index (χ1) is 7.33. The fourth-order valence-corrected chi connectivity index (χ4v) is 2.84. The molecule has 1 rings (SSSR count). The largest absolute Gasteiger partial charge is 0.417 e. The zero-order chi connectivity index (χ0) is 12.2. The topological polar surface area (TPSA) is 22.1 Å². The molecule has 4 heteroatoms. The first-order valence-corrected chi connectivity index (χ1v) is 9.69. The van der Waals surface area contributed by atoms with E-state index >= 15 is 0 Å². The zero-order valence-electron chi connectivity index (χ0n) is 11.0. The summed E-state index contributed by atoms with van der Waals surface area (Å²) in [7, 11) is -1.54. The van der Waals surface area contributed by atoms with Crippen molar-refractivity contribution in [2.75, 3.05) is 6.61 Å². The van der Waals surface area contributed by atoms with Gasteiger partial charge in [0.2, 0.25) is 0 Å². The monoisotopic (exact) mass is 257 g/mol. The molecule has 16 heavy (non-hydrogen) atoms. The summed E-state index contributed by atoms with van der Waals surface area (Å²) >= 11 is 1.66. The van der Waals surface area contributed by atoms with Crippen molar-refractivity contribution in [2.45, 2.75) is 51.7 Å². The van der Waals surface area contributed by atoms with Crippen LogP contribution in [0.1, 0.15) is 32.9 Å². The first-order valence-electron chi connectivity index (χ1n) is 5.84. The molecule has 0 fully saturated rings. The van der Waals surface area contributed by atoms with Crippen LogP contribution in [0.3, 0.4) is 0 Å². The van der Waals surface area contributed by atoms with Crippen LogP contribution in [0.2, 0.25) is 18.1 Å². The average molecular weight is 257 g/mol. The maximum Gasteiger partial charge on any atom is 0.191 e. The Morgan fingerprint density at radius 3 is 2.56 bits per heavy atom. The molecule has 0 saturated heterocycles. The molecule has 2 nitrogen and oxygen atoms in total. The minimum atomic E-state index is -1.54. The fraction of sp³-hybridized carbons (Fsp3) is 0.750. The third-order valence-corrected chi connectivity index (χ3v) is 8.50. The van der Waals surface area contributed by atoms with Gasteiger partial charge in [0.15, 0.2) is 8.32 Å². The summed E-state index contributed by atoms with van der Waals surface area (Å²) in [5, 5.41) is 2.43. The van der Waals surface area contributed by atoms with Crippen molar-refractivity contribution >= 4 is 19.7 Å². The van der Waals surface area contributed by atoms with E-state index in [1.165, 1.54) is 5.69 Å². The minimum Gasteiger partial charge on any atom is -0.417 e. The summed E-state index contributed by atoms with van der Waals surface area (Å²) in [6.45, 7) is 12.3. The number of rotatable bonds is 5. The number of hydrogen-bond donors (Lipinski definition) is 0. The van der Waals surface area contributed by atoms with Crippen molar-refractivity contribution in [3.8, 4) is 0 Å². The van der Waals surface area contributed by atoms with Crippen molar-refractivity contribution in [1.29, 1.82) is 0 Å². The fourth-order valence-electron chi connectivity index (χ4n) is 1.16. The van der Waals surface area contributed by atoms with Crippen LogP contribution >= 0.6 is 11.3 Å². The highest BCUT2D eigenvalue weighted by atomic mass is 32.1. The molecule has 0 aliphatic carbocycles. The predicted octanol–water partition coefficient (Wildman–Crippen LogP) is 4.10. The van der Waals surface area contributed by atoms with Gasteiger partial charge in [-0.1, -0.05) is 20.8 Å². The van der Waals surface area contributed by atoms with Gasteiger partial charge >= 0.3 is 0 Å². The van der Waals surface area contributed by atoms with Crippen LogP contribution in [0.25, 0.3) is 0 Å². The lowest BCUT2D eigenvalue weighted by atomic mass is 10.2. The van der Waals surface area contributed by atoms with Gasteiger partial charge in [0, 0.05) is 12.0 Å². The molecular weight excluding hydrogens is 234 g/mol. The van der Waals surface area contributed by atoms with E-state index in [2.05, 4.69) is 44.2 Å². The molecule has 0 radical (unpaired) electrons. The smallest absolute Gasteiger partial charge is 0.191 e. The minimum absolute atomic E-state index is 0.313. The first kappa shape index (κ1) is 13.9. The average Bonchev–Trinajstić information content (AvgIpc) is 2.63. The second-order valence-corrected chi connectivity index (χ2v) is 11.2. The van der Waals surface area contributed by atoms with Gasteiger partial charge in [-0.15, -0.1) is 11.3 Å². The lowest BCUT2D eigenvalue weighted by Gasteiger charge is -2.36. The van der Waals surface area contributed by atoms with Crippen molar-refractivity contribution in [1.82, 2.24) is 4.98 Å². The highest BCUT2D eigenvalue weighted by Gasteiger charge is 2.36. The van der Waals surface area contributed by atoms with Crippen LogP contribution in [0.5, 0.6) is 0 Å². The molecule has 0 bridgehead atoms. The van der Waals surface area contributed by atoms with Crippen LogP contribution in [0.4, 0.5) is 0 Å². The molecule has 0 unspecified atom stereocenters. The van der Waals surface area contributed by atoms with Crippen LogP contribution in [-0.2, 0) is 10.8 Å². The maximum absolute atomic E-state index is 6.11. The van der Waals surface area contributed by atoms with Gasteiger partial charge in [0.05, 0.1) is 11.2 Å². The highest BCUT2D eigenvalue weighted by molar-refractivity contribution is 7.07. The van der Waals surface area contributed by atoms with E-state index in [9.17, 15) is 0 Å². The second-order valence-electron chi connectivity index (χ2n) is 5.69. The molecule has 0 atom stereocenters. The van der Waals surface area contributed by atoms with Gasteiger partial charge in [-0.05, 0) is 31.0 Å². The van der Waals surface area contributed by atoms with Crippen molar-refractivity contribution < 1.29 is 4.43 Å². The molecule has 92 valence electrons. The molecule has 0 aliphatic rings. The summed E-state index contributed by atoms with van der Waals surface area (Å²) in [6, 6.07) is 0. The molecule has 1 heterocycles. The molecule has 0 amide bonds. The summed E-state index contributed by atoms with van der Waals surface area (Å²) in [4.78, 5) is 4.27. The molecule has 0 saturated carbocycles. The summed E-state index contributed by atoms with van der Waals surface area (Å²) in [5.41, 5.74) is 3.09. The number of thiazole rings is 1. The zero-order valence-corrected chi connectivity index (χ0v) is 12.9. The SMILES string of the molecule is CC(C)(C)[Si](C)(C)OCCCc1cscn1. The molecule has 0 aliphatic heterocycles. The number of hydrogen-bond acceptors (Lipinski definition) is 3. The van der Waals surface area contributed by atoms with Gasteiger partial charge in [0.25, 0.3) is 0 Å². The van der Waals surface area contributed by atoms with E-state index in [-0.39, 0.29) is 0 Å². The lowest BCUT2D eigenvalue weighted by Crippen LogP contribution is -2.41. The number of aryl methyl sites for hydroxylation is 1. The molecule has 1 aromatic heterocycles. The molecule has 0 spiro atoms. The maximum atomic E-state index is 6.11. The summed E-state index contributed by atoms with van der Waals surface area (Å²) in [5.74, 6) is 0. The van der Waals surface area contributed by atoms with Crippen LogP contribution in [0, 0.1) is 0 Å². The van der Waals surface area contributed by atoms with Gasteiger partial charge < -0.3 is 4.43 Å². The quantitative estimate of drug-likeness (QED) is 0.585. The summed E-state index contributed by atoms with van der Waals surface area (Å²) in [6.07, 6.45) is 2.12. The lowest BCUT2D eigenvalue weighted by molar-refractivity contribution is 0.282. The molecule has 0 N–H and O–H groups in total. The van der Waals surface area contributed by atoms with E-state index in [1.54, 1.807) is 11.3 Å². The Hall–Kier alpha value is -0.193. The third-order valence-electron chi connectivity index (χ3n) is 3.33. The third kappa shape index (κ3) is 4.00. The highest BCUT2D eigenvalue weighted by Crippen LogP contribution is 2.36. The number of nitrogens with zero attached hydrogens (tertiary/aromatic N) is 1. The van der Waals surface area contributed by atoms with E-state index in [1.807, 2.05) is 5.51 Å². The predicted molar refractivity (Wildman–Crippen MR) is 73.6 cm³/mol.